The molecule has 1 fully saturated rings. The lowest BCUT2D eigenvalue weighted by molar-refractivity contribution is 0.0788. The van der Waals surface area contributed by atoms with Crippen LogP contribution in [0.25, 0.3) is 0 Å². The van der Waals surface area contributed by atoms with E-state index < -0.39 is 0 Å². The predicted molar refractivity (Wildman–Crippen MR) is 79.0 cm³/mol. The van der Waals surface area contributed by atoms with Gasteiger partial charge in [0.15, 0.2) is 0 Å². The minimum Gasteiger partial charge on any atom is -0.472 e. The topological polar surface area (TPSA) is 59.5 Å². The Labute approximate surface area is 124 Å². The second-order valence-corrected chi connectivity index (χ2v) is 4.90. The second kappa shape index (κ2) is 6.11. The highest BCUT2D eigenvalue weighted by atomic mass is 35.5. The molecule has 0 bridgehead atoms. The average Bonchev–Trinajstić information content (AvgIpc) is 3.08. The first-order valence-corrected chi connectivity index (χ1v) is 6.37. The van der Waals surface area contributed by atoms with Crippen molar-refractivity contribution in [3.63, 3.8) is 0 Å². The first-order chi connectivity index (χ1) is 9.25. The molecule has 0 spiro atoms. The Morgan fingerprint density at radius 3 is 2.60 bits per heavy atom. The number of hydrogen-bond donors (Lipinski definition) is 1. The summed E-state index contributed by atoms with van der Waals surface area (Å²) in [5.74, 6) is 0.194. The molecule has 20 heavy (non-hydrogen) atoms. The molecule has 4 nitrogen and oxygen atoms in total. The van der Waals surface area contributed by atoms with Crippen molar-refractivity contribution in [3.8, 4) is 0 Å². The smallest absolute Gasteiger partial charge is 0.257 e. The van der Waals surface area contributed by atoms with E-state index in [1.807, 2.05) is 18.2 Å². The summed E-state index contributed by atoms with van der Waals surface area (Å²) in [6.45, 7) is 1.25. The van der Waals surface area contributed by atoms with Crippen LogP contribution in [0.15, 0.2) is 53.3 Å². The minimum absolute atomic E-state index is 0. The molecule has 2 N–H and O–H groups in total. The molecule has 3 rings (SSSR count). The third-order valence-electron chi connectivity index (χ3n) is 3.65. The van der Waals surface area contributed by atoms with E-state index in [-0.39, 0.29) is 30.3 Å². The maximum absolute atomic E-state index is 12.2. The van der Waals surface area contributed by atoms with Gasteiger partial charge in [0.25, 0.3) is 5.91 Å². The van der Waals surface area contributed by atoms with Crippen molar-refractivity contribution in [2.24, 2.45) is 5.73 Å². The molecule has 1 amide bonds. The van der Waals surface area contributed by atoms with Crippen LogP contribution in [-0.2, 0) is 0 Å². The van der Waals surface area contributed by atoms with Gasteiger partial charge in [-0.15, -0.1) is 12.4 Å². The van der Waals surface area contributed by atoms with E-state index >= 15 is 0 Å². The summed E-state index contributed by atoms with van der Waals surface area (Å²) >= 11 is 0. The van der Waals surface area contributed by atoms with Gasteiger partial charge < -0.3 is 15.1 Å². The molecule has 1 saturated heterocycles. The van der Waals surface area contributed by atoms with Crippen LogP contribution in [0.5, 0.6) is 0 Å². The molecule has 1 aromatic heterocycles. The highest BCUT2D eigenvalue weighted by Crippen LogP contribution is 2.27. The van der Waals surface area contributed by atoms with Crippen molar-refractivity contribution < 1.29 is 9.21 Å². The van der Waals surface area contributed by atoms with Crippen LogP contribution >= 0.6 is 12.4 Å². The molecule has 5 heteroatoms. The van der Waals surface area contributed by atoms with Crippen molar-refractivity contribution in [2.75, 3.05) is 13.1 Å². The molecule has 0 radical (unpaired) electrons. The van der Waals surface area contributed by atoms with Gasteiger partial charge in [-0.05, 0) is 11.6 Å². The molecule has 1 aromatic carbocycles. The summed E-state index contributed by atoms with van der Waals surface area (Å²) in [7, 11) is 0. The van der Waals surface area contributed by atoms with Crippen molar-refractivity contribution >= 4 is 18.3 Å². The minimum atomic E-state index is -0.0155. The van der Waals surface area contributed by atoms with E-state index in [1.165, 1.54) is 18.1 Å². The summed E-state index contributed by atoms with van der Waals surface area (Å²) in [6, 6.07) is 11.8. The van der Waals surface area contributed by atoms with Crippen LogP contribution in [-0.4, -0.2) is 29.9 Å². The third-order valence-corrected chi connectivity index (χ3v) is 3.65. The second-order valence-electron chi connectivity index (χ2n) is 4.90. The molecule has 2 atom stereocenters. The number of amides is 1. The number of likely N-dealkylation sites (tertiary alicyclic amines) is 1. The van der Waals surface area contributed by atoms with Crippen LogP contribution in [0.4, 0.5) is 0 Å². The van der Waals surface area contributed by atoms with Gasteiger partial charge in [-0.2, -0.15) is 0 Å². The van der Waals surface area contributed by atoms with Gasteiger partial charge in [0.05, 0.1) is 11.8 Å². The van der Waals surface area contributed by atoms with Gasteiger partial charge in [-0.3, -0.25) is 4.79 Å². The Kier molecular flexibility index (Phi) is 4.47. The van der Waals surface area contributed by atoms with Crippen LogP contribution < -0.4 is 5.73 Å². The summed E-state index contributed by atoms with van der Waals surface area (Å²) in [6.07, 6.45) is 2.99. The third kappa shape index (κ3) is 2.71. The number of rotatable bonds is 2. The lowest BCUT2D eigenvalue weighted by Gasteiger charge is -2.15. The fourth-order valence-electron chi connectivity index (χ4n) is 2.62. The Morgan fingerprint density at radius 1 is 1.20 bits per heavy atom. The zero-order chi connectivity index (χ0) is 13.2. The van der Waals surface area contributed by atoms with E-state index in [4.69, 9.17) is 10.2 Å². The molecular formula is C15H17ClN2O2. The number of hydrogen-bond acceptors (Lipinski definition) is 3. The van der Waals surface area contributed by atoms with Crippen molar-refractivity contribution in [1.82, 2.24) is 4.90 Å². The molecule has 0 unspecified atom stereocenters. The number of nitrogens with two attached hydrogens (primary N) is 1. The van der Waals surface area contributed by atoms with Crippen molar-refractivity contribution in [3.05, 3.63) is 60.1 Å². The monoisotopic (exact) mass is 292 g/mol. The van der Waals surface area contributed by atoms with Gasteiger partial charge in [-0.25, -0.2) is 0 Å². The zero-order valence-corrected chi connectivity index (χ0v) is 11.8. The Morgan fingerprint density at radius 2 is 1.95 bits per heavy atom. The van der Waals surface area contributed by atoms with Gasteiger partial charge in [0.1, 0.15) is 6.26 Å². The molecule has 1 aliphatic heterocycles. The average molecular weight is 293 g/mol. The number of carbonyl (C=O) groups excluding carboxylic acids is 1. The van der Waals surface area contributed by atoms with Crippen LogP contribution in [0.2, 0.25) is 0 Å². The lowest BCUT2D eigenvalue weighted by atomic mass is 9.95. The van der Waals surface area contributed by atoms with Crippen molar-refractivity contribution in [1.29, 1.82) is 0 Å². The number of furan rings is 1. The number of benzene rings is 1. The standard InChI is InChI=1S/C15H16N2O2.ClH/c16-14-9-17(15(18)12-6-7-19-10-12)8-13(14)11-4-2-1-3-5-11;/h1-7,10,13-14H,8-9,16H2;1H/t13-,14+;/m0./s1. The molecule has 2 aromatic rings. The molecule has 2 heterocycles. The Balaban J connectivity index is 0.00000147. The molecule has 106 valence electrons. The first-order valence-electron chi connectivity index (χ1n) is 6.37. The van der Waals surface area contributed by atoms with Gasteiger partial charge in [0.2, 0.25) is 0 Å². The molecule has 0 aliphatic carbocycles. The SMILES string of the molecule is Cl.N[C@@H]1CN(C(=O)c2ccoc2)C[C@H]1c1ccccc1. The first kappa shape index (κ1) is 14.6. The summed E-state index contributed by atoms with van der Waals surface area (Å²) in [5, 5.41) is 0. The van der Waals surface area contributed by atoms with E-state index in [0.29, 0.717) is 18.7 Å². The van der Waals surface area contributed by atoms with Crippen LogP contribution in [0.1, 0.15) is 21.8 Å². The highest BCUT2D eigenvalue weighted by molar-refractivity contribution is 5.94. The highest BCUT2D eigenvalue weighted by Gasteiger charge is 2.34. The Bertz CT molecular complexity index is 557. The van der Waals surface area contributed by atoms with Gasteiger partial charge in [-0.1, -0.05) is 30.3 Å². The van der Waals surface area contributed by atoms with Gasteiger partial charge in [0, 0.05) is 25.0 Å². The normalized spacial score (nSPS) is 21.6. The fourth-order valence-corrected chi connectivity index (χ4v) is 2.62. The number of halogens is 1. The van der Waals surface area contributed by atoms with Crippen LogP contribution in [0.3, 0.4) is 0 Å². The maximum Gasteiger partial charge on any atom is 0.257 e. The predicted octanol–water partition coefficient (Wildman–Crippen LogP) is 2.27. The molecule has 1 aliphatic rings. The zero-order valence-electron chi connectivity index (χ0n) is 10.9. The molecular weight excluding hydrogens is 276 g/mol. The number of nitrogens with zero attached hydrogens (tertiary/aromatic N) is 1. The van der Waals surface area contributed by atoms with Crippen molar-refractivity contribution in [2.45, 2.75) is 12.0 Å². The summed E-state index contributed by atoms with van der Waals surface area (Å²) in [4.78, 5) is 14.0. The van der Waals surface area contributed by atoms with E-state index in [2.05, 4.69) is 12.1 Å². The maximum atomic E-state index is 12.2. The quantitative estimate of drug-likeness (QED) is 0.924. The summed E-state index contributed by atoms with van der Waals surface area (Å²) < 4.78 is 4.95. The largest absolute Gasteiger partial charge is 0.472 e. The molecule has 0 saturated carbocycles. The van der Waals surface area contributed by atoms with Crippen LogP contribution in [0, 0.1) is 0 Å². The lowest BCUT2D eigenvalue weighted by Crippen LogP contribution is -2.31. The summed E-state index contributed by atoms with van der Waals surface area (Å²) in [5.41, 5.74) is 7.95. The van der Waals surface area contributed by atoms with E-state index in [1.54, 1.807) is 11.0 Å². The van der Waals surface area contributed by atoms with E-state index in [0.717, 1.165) is 0 Å². The van der Waals surface area contributed by atoms with E-state index in [9.17, 15) is 4.79 Å². The van der Waals surface area contributed by atoms with Gasteiger partial charge >= 0.3 is 0 Å². The number of carbonyl (C=O) groups is 1. The Hall–Kier alpha value is -1.78. The fraction of sp³-hybridized carbons (Fsp3) is 0.267.